The van der Waals surface area contributed by atoms with E-state index in [2.05, 4.69) is 226 Å². The molecule has 0 aliphatic carbocycles. The predicted octanol–water partition coefficient (Wildman–Crippen LogP) is 19.4. The van der Waals surface area contributed by atoms with Crippen LogP contribution in [-0.2, 0) is 0 Å². The van der Waals surface area contributed by atoms with Gasteiger partial charge in [-0.15, -0.1) is 6.58 Å². The fourth-order valence-corrected chi connectivity index (χ4v) is 10.3. The van der Waals surface area contributed by atoms with Gasteiger partial charge < -0.3 is 0 Å². The van der Waals surface area contributed by atoms with Crippen molar-refractivity contribution in [1.29, 1.82) is 0 Å². The van der Waals surface area contributed by atoms with E-state index in [9.17, 15) is 0 Å². The summed E-state index contributed by atoms with van der Waals surface area (Å²) in [5, 5.41) is 31.1. The maximum atomic E-state index is 3.93. The second-order valence-electron chi connectivity index (χ2n) is 17.9. The van der Waals surface area contributed by atoms with Crippen LogP contribution in [0.2, 0.25) is 0 Å². The lowest BCUT2D eigenvalue weighted by atomic mass is 9.93. The van der Waals surface area contributed by atoms with Gasteiger partial charge in [0.2, 0.25) is 0 Å². The first kappa shape index (κ1) is 39.3. The molecular formula is C66H46. The number of fused-ring (bicyclic) bond motifs is 13. The van der Waals surface area contributed by atoms with Crippen molar-refractivity contribution in [1.82, 2.24) is 0 Å². The summed E-state index contributed by atoms with van der Waals surface area (Å²) in [7, 11) is 0. The number of benzene rings is 14. The van der Waals surface area contributed by atoms with Gasteiger partial charge in [-0.25, -0.2) is 0 Å². The largest absolute Gasteiger partial charge is 0.103 e. The van der Waals surface area contributed by atoms with Gasteiger partial charge in [-0.3, -0.25) is 0 Å². The van der Waals surface area contributed by atoms with Crippen molar-refractivity contribution in [2.45, 2.75) is 13.8 Å². The molecule has 14 rings (SSSR count). The van der Waals surface area contributed by atoms with Crippen LogP contribution in [-0.4, -0.2) is 0 Å². The SMILES string of the molecule is C=CC.C=Cc1ccc2cc3cc4cc5ccccc5cc4cc3cc2c1C.c1ccc2cc3cc4cc5cc6c(ccc7cc8cc9ccccc9cc8cc76)cc5cc4cc3cc2c1. The first-order valence-electron chi connectivity index (χ1n) is 22.9. The molecule has 0 unspecified atom stereocenters. The number of allylic oxidation sites excluding steroid dienone is 1. The summed E-state index contributed by atoms with van der Waals surface area (Å²) in [6, 6.07) is 76.7. The standard InChI is InChI=1S/C38H22.C25H18.C3H6/c1-2-7-25-13-31-18-34-20-36-22-38-28(16-32(36)19-33(34)17-30(31)12-24(25)6-1)10-9-27-15-29-11-23-5-3-4-8-26(23)14-35(29)21-37(27)38;1-3-17-8-9-20-12-23-13-21-10-18-6-4-5-7-19(18)11-22(21)14-24(23)15-25(20)16(17)2;1-3-2/h1-22H;3-15H,1H2,2H3;3H,1H2,2H3. The molecule has 0 radical (unpaired) electrons. The zero-order valence-electron chi connectivity index (χ0n) is 37.2. The van der Waals surface area contributed by atoms with Crippen LogP contribution in [0.3, 0.4) is 0 Å². The normalized spacial score (nSPS) is 11.6. The molecule has 0 spiro atoms. The van der Waals surface area contributed by atoms with Crippen LogP contribution >= 0.6 is 0 Å². The Morgan fingerprint density at radius 2 is 0.470 bits per heavy atom. The van der Waals surface area contributed by atoms with Crippen molar-refractivity contribution in [2.24, 2.45) is 0 Å². The topological polar surface area (TPSA) is 0 Å². The fraction of sp³-hybridized carbons (Fsp3) is 0.0303. The van der Waals surface area contributed by atoms with Gasteiger partial charge in [-0.1, -0.05) is 116 Å². The van der Waals surface area contributed by atoms with Gasteiger partial charge in [0.05, 0.1) is 0 Å². The molecule has 0 fully saturated rings. The highest BCUT2D eigenvalue weighted by Gasteiger charge is 2.10. The second-order valence-corrected chi connectivity index (χ2v) is 17.9. The van der Waals surface area contributed by atoms with Gasteiger partial charge in [0.1, 0.15) is 0 Å². The van der Waals surface area contributed by atoms with Gasteiger partial charge in [-0.2, -0.15) is 0 Å². The van der Waals surface area contributed by atoms with Crippen LogP contribution < -0.4 is 0 Å². The van der Waals surface area contributed by atoms with Crippen LogP contribution in [0.5, 0.6) is 0 Å². The van der Waals surface area contributed by atoms with Crippen LogP contribution in [0, 0.1) is 6.92 Å². The Labute approximate surface area is 383 Å². The molecule has 0 heterocycles. The molecule has 0 aromatic heterocycles. The lowest BCUT2D eigenvalue weighted by Crippen LogP contribution is -1.85. The van der Waals surface area contributed by atoms with Gasteiger partial charge in [0.15, 0.2) is 0 Å². The maximum absolute atomic E-state index is 3.93. The molecule has 0 amide bonds. The minimum absolute atomic E-state index is 1.21. The maximum Gasteiger partial charge on any atom is -0.00988 e. The first-order chi connectivity index (χ1) is 32.4. The first-order valence-corrected chi connectivity index (χ1v) is 22.9. The highest BCUT2D eigenvalue weighted by molar-refractivity contribution is 6.18. The van der Waals surface area contributed by atoms with Crippen molar-refractivity contribution < 1.29 is 0 Å². The van der Waals surface area contributed by atoms with E-state index in [1.165, 1.54) is 140 Å². The average Bonchev–Trinajstić information content (AvgIpc) is 3.34. The molecule has 310 valence electrons. The third kappa shape index (κ3) is 6.78. The van der Waals surface area contributed by atoms with E-state index in [4.69, 9.17) is 0 Å². The molecule has 0 saturated carbocycles. The van der Waals surface area contributed by atoms with Gasteiger partial charge in [0.25, 0.3) is 0 Å². The Bertz CT molecular complexity index is 4310. The minimum atomic E-state index is 1.21. The van der Waals surface area contributed by atoms with Gasteiger partial charge in [0, 0.05) is 0 Å². The molecule has 0 heteroatoms. The summed E-state index contributed by atoms with van der Waals surface area (Å²) in [5.74, 6) is 0. The number of hydrogen-bond acceptors (Lipinski definition) is 0. The molecule has 0 nitrogen and oxygen atoms in total. The summed E-state index contributed by atoms with van der Waals surface area (Å²) < 4.78 is 0. The average molecular weight is 839 g/mol. The molecule has 0 aliphatic rings. The molecule has 0 bridgehead atoms. The van der Waals surface area contributed by atoms with E-state index < -0.39 is 0 Å². The lowest BCUT2D eigenvalue weighted by molar-refractivity contribution is 1.51. The Kier molecular flexibility index (Phi) is 9.37. The molecule has 14 aromatic rings. The third-order valence-corrected chi connectivity index (χ3v) is 13.7. The van der Waals surface area contributed by atoms with Crippen molar-refractivity contribution >= 4 is 135 Å². The van der Waals surface area contributed by atoms with E-state index in [1.807, 2.05) is 13.0 Å². The fourth-order valence-electron chi connectivity index (χ4n) is 10.3. The summed E-state index contributed by atoms with van der Waals surface area (Å²) in [5.41, 5.74) is 2.51. The molecule has 14 aromatic carbocycles. The Balaban J connectivity index is 0.000000141. The van der Waals surface area contributed by atoms with Gasteiger partial charge in [-0.05, 0) is 263 Å². The van der Waals surface area contributed by atoms with Crippen molar-refractivity contribution in [3.63, 3.8) is 0 Å². The quantitative estimate of drug-likeness (QED) is 0.0878. The minimum Gasteiger partial charge on any atom is -0.103 e. The summed E-state index contributed by atoms with van der Waals surface area (Å²) in [4.78, 5) is 0. The molecule has 0 atom stereocenters. The monoisotopic (exact) mass is 838 g/mol. The Morgan fingerprint density at radius 3 is 0.758 bits per heavy atom. The van der Waals surface area contributed by atoms with Crippen LogP contribution in [0.15, 0.2) is 225 Å². The number of aryl methyl sites for hydroxylation is 1. The zero-order chi connectivity index (χ0) is 44.5. The van der Waals surface area contributed by atoms with E-state index in [-0.39, 0.29) is 0 Å². The smallest absolute Gasteiger partial charge is 0.00988 e. The third-order valence-electron chi connectivity index (χ3n) is 13.7. The Morgan fingerprint density at radius 1 is 0.258 bits per heavy atom. The van der Waals surface area contributed by atoms with Crippen LogP contribution in [0.1, 0.15) is 18.1 Å². The summed E-state index contributed by atoms with van der Waals surface area (Å²) in [6.07, 6.45) is 3.69. The lowest BCUT2D eigenvalue weighted by Gasteiger charge is -2.11. The van der Waals surface area contributed by atoms with Crippen molar-refractivity contribution in [2.75, 3.05) is 0 Å². The highest BCUT2D eigenvalue weighted by atomic mass is 14.1. The summed E-state index contributed by atoms with van der Waals surface area (Å²) >= 11 is 0. The highest BCUT2D eigenvalue weighted by Crippen LogP contribution is 2.37. The van der Waals surface area contributed by atoms with Crippen molar-refractivity contribution in [3.05, 3.63) is 237 Å². The van der Waals surface area contributed by atoms with E-state index in [0.717, 1.165) is 0 Å². The molecule has 66 heavy (non-hydrogen) atoms. The zero-order valence-corrected chi connectivity index (χ0v) is 37.2. The van der Waals surface area contributed by atoms with Gasteiger partial charge >= 0.3 is 0 Å². The molecular weight excluding hydrogens is 793 g/mol. The van der Waals surface area contributed by atoms with Crippen LogP contribution in [0.4, 0.5) is 0 Å². The van der Waals surface area contributed by atoms with Crippen LogP contribution in [0.25, 0.3) is 135 Å². The Hall–Kier alpha value is -8.32. The van der Waals surface area contributed by atoms with E-state index >= 15 is 0 Å². The predicted molar refractivity (Wildman–Crippen MR) is 294 cm³/mol. The molecule has 0 N–H and O–H groups in total. The molecule has 0 aliphatic heterocycles. The number of hydrogen-bond donors (Lipinski definition) is 0. The summed E-state index contributed by atoms with van der Waals surface area (Å²) in [6.45, 7) is 11.4. The van der Waals surface area contributed by atoms with Crippen molar-refractivity contribution in [3.8, 4) is 0 Å². The number of rotatable bonds is 1. The second kappa shape index (κ2) is 15.7. The van der Waals surface area contributed by atoms with E-state index in [1.54, 1.807) is 6.08 Å². The molecule has 0 saturated heterocycles. The van der Waals surface area contributed by atoms with E-state index in [0.29, 0.717) is 0 Å².